The Hall–Kier alpha value is -1.91. The highest BCUT2D eigenvalue weighted by molar-refractivity contribution is 6.00. The lowest BCUT2D eigenvalue weighted by Crippen LogP contribution is -2.38. The van der Waals surface area contributed by atoms with E-state index in [0.29, 0.717) is 0 Å². The maximum atomic E-state index is 11.8. The SMILES string of the molecule is C=CCOC(=O)[C@H]1C(=O)O[C@]2(C)C=CC(=O)C[C@H]12. The van der Waals surface area contributed by atoms with Gasteiger partial charge in [-0.05, 0) is 19.1 Å². The average Bonchev–Trinajstić information content (AvgIpc) is 2.57. The van der Waals surface area contributed by atoms with Crippen LogP contribution in [0.2, 0.25) is 0 Å². The Labute approximate surface area is 104 Å². The zero-order chi connectivity index (χ0) is 13.3. The Bertz CT molecular complexity index is 450. The number of hydrogen-bond donors (Lipinski definition) is 0. The Morgan fingerprint density at radius 3 is 3.06 bits per heavy atom. The van der Waals surface area contributed by atoms with Gasteiger partial charge in [-0.15, -0.1) is 0 Å². The first-order valence-electron chi connectivity index (χ1n) is 5.70. The molecule has 2 aliphatic rings. The molecule has 0 amide bonds. The summed E-state index contributed by atoms with van der Waals surface area (Å²) in [6.07, 6.45) is 4.47. The van der Waals surface area contributed by atoms with E-state index in [2.05, 4.69) is 6.58 Å². The first kappa shape index (κ1) is 12.5. The molecular formula is C13H14O5. The van der Waals surface area contributed by atoms with Crippen LogP contribution in [0.4, 0.5) is 0 Å². The van der Waals surface area contributed by atoms with Gasteiger partial charge in [0.2, 0.25) is 0 Å². The number of allylic oxidation sites excluding steroid dienone is 1. The highest BCUT2D eigenvalue weighted by Crippen LogP contribution is 2.43. The fraction of sp³-hybridized carbons (Fsp3) is 0.462. The first-order valence-corrected chi connectivity index (χ1v) is 5.70. The van der Waals surface area contributed by atoms with Crippen molar-refractivity contribution in [1.29, 1.82) is 0 Å². The number of rotatable bonds is 3. The van der Waals surface area contributed by atoms with Gasteiger partial charge in [0.15, 0.2) is 11.7 Å². The lowest BCUT2D eigenvalue weighted by atomic mass is 9.75. The van der Waals surface area contributed by atoms with Gasteiger partial charge in [-0.1, -0.05) is 12.7 Å². The molecule has 0 aromatic heterocycles. The molecule has 2 rings (SSSR count). The second-order valence-electron chi connectivity index (χ2n) is 4.61. The highest BCUT2D eigenvalue weighted by atomic mass is 16.6. The van der Waals surface area contributed by atoms with Crippen LogP contribution in [0.5, 0.6) is 0 Å². The van der Waals surface area contributed by atoms with E-state index < -0.39 is 29.4 Å². The summed E-state index contributed by atoms with van der Waals surface area (Å²) in [5.41, 5.74) is -0.886. The first-order chi connectivity index (χ1) is 8.48. The van der Waals surface area contributed by atoms with E-state index >= 15 is 0 Å². The summed E-state index contributed by atoms with van der Waals surface area (Å²) in [6, 6.07) is 0. The molecule has 0 N–H and O–H groups in total. The van der Waals surface area contributed by atoms with Gasteiger partial charge in [0.05, 0.1) is 0 Å². The van der Waals surface area contributed by atoms with Crippen molar-refractivity contribution in [2.75, 3.05) is 6.61 Å². The molecule has 0 radical (unpaired) electrons. The van der Waals surface area contributed by atoms with Crippen molar-refractivity contribution >= 4 is 17.7 Å². The van der Waals surface area contributed by atoms with E-state index in [-0.39, 0.29) is 18.8 Å². The summed E-state index contributed by atoms with van der Waals surface area (Å²) in [7, 11) is 0. The number of ether oxygens (including phenoxy) is 2. The summed E-state index contributed by atoms with van der Waals surface area (Å²) in [4.78, 5) is 35.0. The van der Waals surface area contributed by atoms with Crippen LogP contribution in [0.15, 0.2) is 24.8 Å². The molecule has 3 atom stereocenters. The van der Waals surface area contributed by atoms with Crippen molar-refractivity contribution in [2.45, 2.75) is 18.9 Å². The number of carbonyl (C=O) groups is 3. The van der Waals surface area contributed by atoms with Gasteiger partial charge >= 0.3 is 11.9 Å². The van der Waals surface area contributed by atoms with E-state index in [4.69, 9.17) is 9.47 Å². The van der Waals surface area contributed by atoms with Gasteiger partial charge in [-0.3, -0.25) is 14.4 Å². The summed E-state index contributed by atoms with van der Waals surface area (Å²) >= 11 is 0. The predicted octanol–water partition coefficient (Wildman–Crippen LogP) is 0.792. The summed E-state index contributed by atoms with van der Waals surface area (Å²) in [6.45, 7) is 5.16. The van der Waals surface area contributed by atoms with Crippen LogP contribution in [0.1, 0.15) is 13.3 Å². The number of fused-ring (bicyclic) bond motifs is 1. The van der Waals surface area contributed by atoms with Crippen LogP contribution in [0.25, 0.3) is 0 Å². The second-order valence-corrected chi connectivity index (χ2v) is 4.61. The summed E-state index contributed by atoms with van der Waals surface area (Å²) in [5, 5.41) is 0. The van der Waals surface area contributed by atoms with Crippen molar-refractivity contribution in [1.82, 2.24) is 0 Å². The van der Waals surface area contributed by atoms with Gasteiger partial charge in [-0.2, -0.15) is 0 Å². The van der Waals surface area contributed by atoms with Gasteiger partial charge in [0.25, 0.3) is 0 Å². The molecule has 0 aromatic carbocycles. The molecule has 5 nitrogen and oxygen atoms in total. The molecule has 1 heterocycles. The molecule has 0 spiro atoms. The number of hydrogen-bond acceptors (Lipinski definition) is 5. The molecule has 0 saturated carbocycles. The maximum Gasteiger partial charge on any atom is 0.321 e. The van der Waals surface area contributed by atoms with Gasteiger partial charge in [-0.25, -0.2) is 0 Å². The lowest BCUT2D eigenvalue weighted by Gasteiger charge is -2.29. The monoisotopic (exact) mass is 250 g/mol. The molecule has 0 aromatic rings. The van der Waals surface area contributed by atoms with Crippen molar-refractivity contribution in [3.8, 4) is 0 Å². The van der Waals surface area contributed by atoms with Crippen LogP contribution in [0.3, 0.4) is 0 Å². The van der Waals surface area contributed by atoms with Gasteiger partial charge in [0.1, 0.15) is 12.2 Å². The van der Waals surface area contributed by atoms with Crippen molar-refractivity contribution in [3.63, 3.8) is 0 Å². The van der Waals surface area contributed by atoms with E-state index in [0.717, 1.165) is 0 Å². The van der Waals surface area contributed by atoms with Crippen molar-refractivity contribution in [2.24, 2.45) is 11.8 Å². The second kappa shape index (κ2) is 4.40. The molecule has 0 bridgehead atoms. The summed E-state index contributed by atoms with van der Waals surface area (Å²) < 4.78 is 10.1. The van der Waals surface area contributed by atoms with Crippen molar-refractivity contribution < 1.29 is 23.9 Å². The zero-order valence-electron chi connectivity index (χ0n) is 10.0. The molecule has 5 heteroatoms. The van der Waals surface area contributed by atoms with Crippen LogP contribution < -0.4 is 0 Å². The third-order valence-electron chi connectivity index (χ3n) is 3.33. The predicted molar refractivity (Wildman–Crippen MR) is 61.4 cm³/mol. The lowest BCUT2D eigenvalue weighted by molar-refractivity contribution is -0.156. The molecule has 18 heavy (non-hydrogen) atoms. The van der Waals surface area contributed by atoms with Gasteiger partial charge in [0, 0.05) is 12.3 Å². The van der Waals surface area contributed by atoms with Crippen molar-refractivity contribution in [3.05, 3.63) is 24.8 Å². The van der Waals surface area contributed by atoms with E-state index in [1.807, 2.05) is 0 Å². The van der Waals surface area contributed by atoms with Crippen LogP contribution >= 0.6 is 0 Å². The molecule has 0 unspecified atom stereocenters. The topological polar surface area (TPSA) is 69.7 Å². The minimum Gasteiger partial charge on any atom is -0.461 e. The third-order valence-corrected chi connectivity index (χ3v) is 3.33. The number of carbonyl (C=O) groups excluding carboxylic acids is 3. The Morgan fingerprint density at radius 2 is 2.39 bits per heavy atom. The minimum atomic E-state index is -1.02. The standard InChI is InChI=1S/C13H14O5/c1-3-6-17-11(15)10-9-7-8(14)4-5-13(9,2)18-12(10)16/h3-5,9-10H,1,6-7H2,2H3/t9-,10+,13-/m1/s1. The summed E-state index contributed by atoms with van der Waals surface area (Å²) in [5.74, 6) is -2.91. The molecule has 1 saturated heterocycles. The third kappa shape index (κ3) is 1.96. The Balaban J connectivity index is 2.23. The molecule has 1 aliphatic carbocycles. The average molecular weight is 250 g/mol. The molecule has 1 fully saturated rings. The van der Waals surface area contributed by atoms with Crippen LogP contribution in [-0.2, 0) is 23.9 Å². The fourth-order valence-electron chi connectivity index (χ4n) is 2.36. The normalized spacial score (nSPS) is 33.8. The largest absolute Gasteiger partial charge is 0.461 e. The zero-order valence-corrected chi connectivity index (χ0v) is 10.0. The molecular weight excluding hydrogens is 236 g/mol. The van der Waals surface area contributed by atoms with E-state index in [9.17, 15) is 14.4 Å². The maximum absolute atomic E-state index is 11.8. The number of ketones is 1. The highest BCUT2D eigenvalue weighted by Gasteiger charge is 2.57. The van der Waals surface area contributed by atoms with Gasteiger partial charge < -0.3 is 9.47 Å². The Kier molecular flexibility index (Phi) is 3.07. The quantitative estimate of drug-likeness (QED) is 0.421. The Morgan fingerprint density at radius 1 is 1.67 bits per heavy atom. The smallest absolute Gasteiger partial charge is 0.321 e. The van der Waals surface area contributed by atoms with E-state index in [1.165, 1.54) is 12.2 Å². The molecule has 1 aliphatic heterocycles. The minimum absolute atomic E-state index is 0.0375. The fourth-order valence-corrected chi connectivity index (χ4v) is 2.36. The van der Waals surface area contributed by atoms with E-state index in [1.54, 1.807) is 13.0 Å². The van der Waals surface area contributed by atoms with Crippen LogP contribution in [-0.4, -0.2) is 29.9 Å². The van der Waals surface area contributed by atoms with Crippen LogP contribution in [0, 0.1) is 11.8 Å². The molecule has 96 valence electrons. The number of esters is 2.